The van der Waals surface area contributed by atoms with E-state index in [-0.39, 0.29) is 10.7 Å². The van der Waals surface area contributed by atoms with Gasteiger partial charge < -0.3 is 9.67 Å². The van der Waals surface area contributed by atoms with Crippen molar-refractivity contribution in [2.45, 2.75) is 13.5 Å². The third kappa shape index (κ3) is 2.11. The average molecular weight is 268 g/mol. The van der Waals surface area contributed by atoms with Crippen molar-refractivity contribution in [3.63, 3.8) is 0 Å². The normalized spacial score (nSPS) is 10.6. The molecule has 18 heavy (non-hydrogen) atoms. The molecule has 0 radical (unpaired) electrons. The van der Waals surface area contributed by atoms with Crippen molar-refractivity contribution >= 4 is 17.6 Å². The van der Waals surface area contributed by atoms with Crippen LogP contribution in [0.5, 0.6) is 0 Å². The van der Waals surface area contributed by atoms with Crippen LogP contribution >= 0.6 is 11.6 Å². The fourth-order valence-corrected chi connectivity index (χ4v) is 2.19. The molecule has 3 nitrogen and oxygen atoms in total. The molecule has 0 aliphatic rings. The molecule has 1 heterocycles. The van der Waals surface area contributed by atoms with Crippen LogP contribution in [0.15, 0.2) is 30.3 Å². The van der Waals surface area contributed by atoms with Gasteiger partial charge in [-0.15, -0.1) is 0 Å². The molecule has 1 N–H and O–H groups in total. The number of rotatable bonds is 3. The second-order valence-corrected chi connectivity index (χ2v) is 4.18. The molecular weight excluding hydrogens is 257 g/mol. The summed E-state index contributed by atoms with van der Waals surface area (Å²) in [5.41, 5.74) is 1.47. The summed E-state index contributed by atoms with van der Waals surface area (Å²) in [5, 5.41) is 9.32. The minimum atomic E-state index is -0.999. The lowest BCUT2D eigenvalue weighted by molar-refractivity contribution is 0.0685. The van der Waals surface area contributed by atoms with Crippen molar-refractivity contribution < 1.29 is 14.3 Å². The topological polar surface area (TPSA) is 42.2 Å². The molecule has 2 aromatic rings. The summed E-state index contributed by atoms with van der Waals surface area (Å²) in [6, 6.07) is 7.25. The fourth-order valence-electron chi connectivity index (χ4n) is 1.93. The number of carboxylic acid groups (broad SMARTS) is 1. The first-order valence-electron chi connectivity index (χ1n) is 5.42. The second kappa shape index (κ2) is 4.82. The zero-order chi connectivity index (χ0) is 13.3. The third-order valence-corrected chi connectivity index (χ3v) is 3.04. The van der Waals surface area contributed by atoms with E-state index in [9.17, 15) is 9.18 Å². The van der Waals surface area contributed by atoms with E-state index in [0.29, 0.717) is 17.8 Å². The largest absolute Gasteiger partial charge is 0.477 e. The SMILES string of the molecule is CCn1c(C(=O)O)ccc1-c1ccc(F)cc1Cl. The Morgan fingerprint density at radius 2 is 2.11 bits per heavy atom. The number of aromatic nitrogens is 1. The van der Waals surface area contributed by atoms with Gasteiger partial charge in [0, 0.05) is 12.1 Å². The molecular formula is C13H11ClFNO2. The molecule has 0 unspecified atom stereocenters. The number of aromatic carboxylic acids is 1. The zero-order valence-electron chi connectivity index (χ0n) is 9.65. The van der Waals surface area contributed by atoms with E-state index < -0.39 is 11.8 Å². The first kappa shape index (κ1) is 12.6. The highest BCUT2D eigenvalue weighted by Crippen LogP contribution is 2.30. The van der Waals surface area contributed by atoms with E-state index in [1.54, 1.807) is 16.7 Å². The van der Waals surface area contributed by atoms with Gasteiger partial charge in [0.25, 0.3) is 0 Å². The summed E-state index contributed by atoms with van der Waals surface area (Å²) in [6.07, 6.45) is 0. The van der Waals surface area contributed by atoms with Gasteiger partial charge in [0.15, 0.2) is 0 Å². The molecule has 0 amide bonds. The van der Waals surface area contributed by atoms with Gasteiger partial charge in [-0.05, 0) is 37.3 Å². The van der Waals surface area contributed by atoms with Crippen LogP contribution in [0.1, 0.15) is 17.4 Å². The molecule has 1 aromatic heterocycles. The minimum absolute atomic E-state index is 0.188. The number of hydrogen-bond donors (Lipinski definition) is 1. The number of nitrogens with zero attached hydrogens (tertiary/aromatic N) is 1. The lowest BCUT2D eigenvalue weighted by Gasteiger charge is -2.10. The second-order valence-electron chi connectivity index (χ2n) is 3.78. The molecule has 0 atom stereocenters. The molecule has 2 rings (SSSR count). The standard InChI is InChI=1S/C13H11ClFNO2/c1-2-16-11(5-6-12(16)13(17)18)9-4-3-8(15)7-10(9)14/h3-7H,2H2,1H3,(H,17,18). The molecule has 0 aliphatic heterocycles. The Bertz CT molecular complexity index is 607. The van der Waals surface area contributed by atoms with Crippen LogP contribution in [0, 0.1) is 5.82 Å². The van der Waals surface area contributed by atoms with Gasteiger partial charge in [-0.25, -0.2) is 9.18 Å². The van der Waals surface area contributed by atoms with Gasteiger partial charge in [-0.3, -0.25) is 0 Å². The van der Waals surface area contributed by atoms with E-state index in [2.05, 4.69) is 0 Å². The van der Waals surface area contributed by atoms with E-state index in [4.69, 9.17) is 16.7 Å². The maximum Gasteiger partial charge on any atom is 0.352 e. The first-order chi connectivity index (χ1) is 8.54. The maximum absolute atomic E-state index is 13.0. The Labute approximate surface area is 108 Å². The summed E-state index contributed by atoms with van der Waals surface area (Å²) < 4.78 is 14.6. The van der Waals surface area contributed by atoms with Crippen LogP contribution in [0.4, 0.5) is 4.39 Å². The van der Waals surface area contributed by atoms with E-state index >= 15 is 0 Å². The number of carbonyl (C=O) groups is 1. The fraction of sp³-hybridized carbons (Fsp3) is 0.154. The quantitative estimate of drug-likeness (QED) is 0.922. The number of halogens is 2. The summed E-state index contributed by atoms with van der Waals surface area (Å²) in [6.45, 7) is 2.34. The van der Waals surface area contributed by atoms with Crippen LogP contribution in [0.3, 0.4) is 0 Å². The van der Waals surface area contributed by atoms with Crippen molar-refractivity contribution in [1.82, 2.24) is 4.57 Å². The highest BCUT2D eigenvalue weighted by molar-refractivity contribution is 6.33. The predicted molar refractivity (Wildman–Crippen MR) is 67.5 cm³/mol. The van der Waals surface area contributed by atoms with Crippen LogP contribution in [-0.4, -0.2) is 15.6 Å². The number of benzene rings is 1. The molecule has 0 spiro atoms. The predicted octanol–water partition coefficient (Wildman–Crippen LogP) is 3.67. The van der Waals surface area contributed by atoms with Gasteiger partial charge >= 0.3 is 5.97 Å². The zero-order valence-corrected chi connectivity index (χ0v) is 10.4. The van der Waals surface area contributed by atoms with Crippen molar-refractivity contribution in [2.24, 2.45) is 0 Å². The maximum atomic E-state index is 13.0. The van der Waals surface area contributed by atoms with Crippen LogP contribution in [-0.2, 0) is 6.54 Å². The molecule has 1 aromatic carbocycles. The molecule has 0 fully saturated rings. The molecule has 94 valence electrons. The van der Waals surface area contributed by atoms with Crippen molar-refractivity contribution in [3.05, 3.63) is 46.9 Å². The van der Waals surface area contributed by atoms with E-state index in [1.165, 1.54) is 18.2 Å². The van der Waals surface area contributed by atoms with E-state index in [0.717, 1.165) is 0 Å². The molecule has 0 saturated heterocycles. The lowest BCUT2D eigenvalue weighted by atomic mass is 10.1. The number of carboxylic acids is 1. The van der Waals surface area contributed by atoms with Crippen molar-refractivity contribution in [1.29, 1.82) is 0 Å². The van der Waals surface area contributed by atoms with Crippen LogP contribution in [0.2, 0.25) is 5.02 Å². The Hall–Kier alpha value is -1.81. The monoisotopic (exact) mass is 267 g/mol. The van der Waals surface area contributed by atoms with Gasteiger partial charge in [-0.1, -0.05) is 11.6 Å². The highest BCUT2D eigenvalue weighted by atomic mass is 35.5. The summed E-state index contributed by atoms with van der Waals surface area (Å²) in [5.74, 6) is -1.42. The third-order valence-electron chi connectivity index (χ3n) is 2.72. The highest BCUT2D eigenvalue weighted by Gasteiger charge is 2.15. The molecule has 5 heteroatoms. The van der Waals surface area contributed by atoms with E-state index in [1.807, 2.05) is 6.92 Å². The van der Waals surface area contributed by atoms with Gasteiger partial charge in [0.05, 0.1) is 10.7 Å². The van der Waals surface area contributed by atoms with Crippen molar-refractivity contribution in [3.8, 4) is 11.3 Å². The Morgan fingerprint density at radius 3 is 2.67 bits per heavy atom. The summed E-state index contributed by atoms with van der Waals surface area (Å²) >= 11 is 5.98. The Morgan fingerprint density at radius 1 is 1.39 bits per heavy atom. The van der Waals surface area contributed by atoms with Crippen molar-refractivity contribution in [2.75, 3.05) is 0 Å². The minimum Gasteiger partial charge on any atom is -0.477 e. The molecule has 0 bridgehead atoms. The smallest absolute Gasteiger partial charge is 0.352 e. The van der Waals surface area contributed by atoms with Crippen LogP contribution in [0.25, 0.3) is 11.3 Å². The Kier molecular flexibility index (Phi) is 3.39. The lowest BCUT2D eigenvalue weighted by Crippen LogP contribution is -2.08. The Balaban J connectivity index is 2.60. The summed E-state index contributed by atoms with van der Waals surface area (Å²) in [7, 11) is 0. The average Bonchev–Trinajstić information content (AvgIpc) is 2.72. The van der Waals surface area contributed by atoms with Gasteiger partial charge in [0.1, 0.15) is 11.5 Å². The molecule has 0 aliphatic carbocycles. The first-order valence-corrected chi connectivity index (χ1v) is 5.80. The number of hydrogen-bond acceptors (Lipinski definition) is 1. The molecule has 0 saturated carbocycles. The van der Waals surface area contributed by atoms with Gasteiger partial charge in [-0.2, -0.15) is 0 Å². The van der Waals surface area contributed by atoms with Crippen LogP contribution < -0.4 is 0 Å². The summed E-state index contributed by atoms with van der Waals surface area (Å²) in [4.78, 5) is 11.1. The van der Waals surface area contributed by atoms with Gasteiger partial charge in [0.2, 0.25) is 0 Å².